The van der Waals surface area contributed by atoms with E-state index in [0.29, 0.717) is 17.8 Å². The van der Waals surface area contributed by atoms with Gasteiger partial charge in [-0.25, -0.2) is 14.5 Å². The lowest BCUT2D eigenvalue weighted by atomic mass is 9.96. The van der Waals surface area contributed by atoms with Crippen LogP contribution in [-0.2, 0) is 17.1 Å². The van der Waals surface area contributed by atoms with E-state index < -0.39 is 52.1 Å². The van der Waals surface area contributed by atoms with Crippen LogP contribution in [0.15, 0.2) is 24.5 Å². The molecule has 166 valence electrons. The maximum Gasteiger partial charge on any atom is 0.435 e. The van der Waals surface area contributed by atoms with Crippen molar-refractivity contribution in [2.24, 2.45) is 5.41 Å². The van der Waals surface area contributed by atoms with E-state index >= 15 is 0 Å². The van der Waals surface area contributed by atoms with E-state index in [4.69, 9.17) is 0 Å². The van der Waals surface area contributed by atoms with Crippen LogP contribution in [0.3, 0.4) is 0 Å². The van der Waals surface area contributed by atoms with Gasteiger partial charge in [-0.3, -0.25) is 4.79 Å². The molecule has 0 aliphatic heterocycles. The molecule has 0 saturated heterocycles. The highest BCUT2D eigenvalue weighted by Crippen LogP contribution is 2.38. The second-order valence-electron chi connectivity index (χ2n) is 7.95. The lowest BCUT2D eigenvalue weighted by Gasteiger charge is -2.19. The molecular formula is C19H17F6N5O. The maximum atomic E-state index is 13.7. The van der Waals surface area contributed by atoms with Gasteiger partial charge in [-0.15, -0.1) is 5.10 Å². The smallest absolute Gasteiger partial charge is 0.310 e. The molecule has 3 aromatic rings. The number of nitrogens with one attached hydrogen (secondary N) is 1. The first kappa shape index (κ1) is 22.5. The SMILES string of the molecule is Cc1cc2c(C(F)(F)F)nc(-c3cnc(NC(=O)C(C)(C)C)cc3C(F)(F)F)nn2c1. The van der Waals surface area contributed by atoms with Crippen molar-refractivity contribution in [3.8, 4) is 11.4 Å². The Balaban J connectivity index is 2.20. The molecule has 3 rings (SSSR count). The number of nitrogens with zero attached hydrogens (tertiary/aromatic N) is 4. The molecule has 0 atom stereocenters. The summed E-state index contributed by atoms with van der Waals surface area (Å²) in [5, 5.41) is 6.09. The lowest BCUT2D eigenvalue weighted by Crippen LogP contribution is -2.28. The molecule has 0 aromatic carbocycles. The summed E-state index contributed by atoms with van der Waals surface area (Å²) < 4.78 is 82.4. The van der Waals surface area contributed by atoms with Gasteiger partial charge in [0.1, 0.15) is 5.82 Å². The number of aromatic nitrogens is 4. The van der Waals surface area contributed by atoms with Gasteiger partial charge in [0.15, 0.2) is 11.5 Å². The fourth-order valence-electron chi connectivity index (χ4n) is 2.69. The largest absolute Gasteiger partial charge is 0.435 e. The van der Waals surface area contributed by atoms with Crippen LogP contribution >= 0.6 is 0 Å². The summed E-state index contributed by atoms with van der Waals surface area (Å²) in [6.45, 7) is 6.19. The van der Waals surface area contributed by atoms with Gasteiger partial charge in [-0.2, -0.15) is 26.3 Å². The van der Waals surface area contributed by atoms with E-state index in [-0.39, 0.29) is 5.52 Å². The normalized spacial score (nSPS) is 13.0. The summed E-state index contributed by atoms with van der Waals surface area (Å²) in [7, 11) is 0. The number of anilines is 1. The van der Waals surface area contributed by atoms with Gasteiger partial charge in [0.25, 0.3) is 0 Å². The molecule has 1 amide bonds. The molecule has 0 fully saturated rings. The minimum atomic E-state index is -4.97. The van der Waals surface area contributed by atoms with Crippen molar-refractivity contribution in [1.82, 2.24) is 19.6 Å². The summed E-state index contributed by atoms with van der Waals surface area (Å²) in [5.74, 6) is -1.78. The molecule has 0 bridgehead atoms. The van der Waals surface area contributed by atoms with E-state index in [9.17, 15) is 31.1 Å². The van der Waals surface area contributed by atoms with Gasteiger partial charge in [0.05, 0.1) is 16.6 Å². The molecule has 0 aliphatic rings. The molecule has 0 radical (unpaired) electrons. The summed E-state index contributed by atoms with van der Waals surface area (Å²) in [6.07, 6.45) is -7.95. The highest BCUT2D eigenvalue weighted by Gasteiger charge is 2.39. The predicted molar refractivity (Wildman–Crippen MR) is 99.0 cm³/mol. The number of carbonyl (C=O) groups is 1. The van der Waals surface area contributed by atoms with Crippen molar-refractivity contribution >= 4 is 17.2 Å². The number of fused-ring (bicyclic) bond motifs is 1. The molecule has 3 heterocycles. The van der Waals surface area contributed by atoms with Gasteiger partial charge in [0, 0.05) is 17.8 Å². The third kappa shape index (κ3) is 4.62. The van der Waals surface area contributed by atoms with E-state index in [2.05, 4.69) is 20.4 Å². The summed E-state index contributed by atoms with van der Waals surface area (Å²) in [5.41, 5.74) is -4.32. The Bertz CT molecular complexity index is 1160. The van der Waals surface area contributed by atoms with Gasteiger partial charge < -0.3 is 5.32 Å². The first-order chi connectivity index (χ1) is 14.1. The number of hydrogen-bond donors (Lipinski definition) is 1. The molecule has 12 heteroatoms. The third-order valence-corrected chi connectivity index (χ3v) is 4.24. The summed E-state index contributed by atoms with van der Waals surface area (Å²) in [6, 6.07) is 1.72. The first-order valence-corrected chi connectivity index (χ1v) is 8.90. The molecule has 3 aromatic heterocycles. The standard InChI is InChI=1S/C19H17F6N5O/c1-9-5-12-14(19(23,24)25)28-15(29-30(12)8-9)10-7-26-13(6-11(10)18(20,21)22)27-16(31)17(2,3)4/h5-8H,1-4H3,(H,26,27,31). The zero-order valence-electron chi connectivity index (χ0n) is 16.8. The molecular weight excluding hydrogens is 428 g/mol. The number of hydrogen-bond acceptors (Lipinski definition) is 4. The first-order valence-electron chi connectivity index (χ1n) is 8.90. The summed E-state index contributed by atoms with van der Waals surface area (Å²) in [4.78, 5) is 19.2. The van der Waals surface area contributed by atoms with Crippen LogP contribution in [0.5, 0.6) is 0 Å². The van der Waals surface area contributed by atoms with Crippen LogP contribution in [-0.4, -0.2) is 25.5 Å². The van der Waals surface area contributed by atoms with Crippen LogP contribution in [0, 0.1) is 12.3 Å². The molecule has 0 saturated carbocycles. The van der Waals surface area contributed by atoms with Crippen molar-refractivity contribution in [3.63, 3.8) is 0 Å². The van der Waals surface area contributed by atoms with E-state index in [1.54, 1.807) is 20.8 Å². The molecule has 0 aliphatic carbocycles. The highest BCUT2D eigenvalue weighted by atomic mass is 19.4. The zero-order valence-corrected chi connectivity index (χ0v) is 16.8. The van der Waals surface area contributed by atoms with E-state index in [1.807, 2.05) is 0 Å². The van der Waals surface area contributed by atoms with Crippen molar-refractivity contribution in [2.45, 2.75) is 40.0 Å². The molecule has 6 nitrogen and oxygen atoms in total. The number of halogens is 6. The number of rotatable bonds is 2. The van der Waals surface area contributed by atoms with Crippen LogP contribution in [0.4, 0.5) is 32.2 Å². The minimum absolute atomic E-state index is 0.385. The Morgan fingerprint density at radius 1 is 1.03 bits per heavy atom. The van der Waals surface area contributed by atoms with Crippen molar-refractivity contribution in [2.75, 3.05) is 5.32 Å². The molecule has 1 N–H and O–H groups in total. The van der Waals surface area contributed by atoms with Crippen LogP contribution in [0.25, 0.3) is 16.9 Å². The van der Waals surface area contributed by atoms with Gasteiger partial charge in [-0.05, 0) is 24.6 Å². The fourth-order valence-corrected chi connectivity index (χ4v) is 2.69. The Kier molecular flexibility index (Phi) is 5.23. The monoisotopic (exact) mass is 445 g/mol. The molecule has 0 unspecified atom stereocenters. The van der Waals surface area contributed by atoms with Crippen molar-refractivity contribution in [1.29, 1.82) is 0 Å². The van der Waals surface area contributed by atoms with Crippen LogP contribution < -0.4 is 5.32 Å². The van der Waals surface area contributed by atoms with Gasteiger partial charge in [0.2, 0.25) is 5.91 Å². The van der Waals surface area contributed by atoms with Gasteiger partial charge >= 0.3 is 12.4 Å². The fraction of sp³-hybridized carbons (Fsp3) is 0.368. The van der Waals surface area contributed by atoms with Crippen molar-refractivity contribution in [3.05, 3.63) is 41.3 Å². The topological polar surface area (TPSA) is 72.2 Å². The number of pyridine rings is 1. The Hall–Kier alpha value is -3.18. The predicted octanol–water partition coefficient (Wildman–Crippen LogP) is 5.12. The van der Waals surface area contributed by atoms with Crippen LogP contribution in [0.1, 0.15) is 37.6 Å². The average Bonchev–Trinajstić information content (AvgIpc) is 2.98. The summed E-state index contributed by atoms with van der Waals surface area (Å²) >= 11 is 0. The average molecular weight is 445 g/mol. The van der Waals surface area contributed by atoms with Gasteiger partial charge in [-0.1, -0.05) is 20.8 Å². The number of aryl methyl sites for hydroxylation is 1. The van der Waals surface area contributed by atoms with Crippen LogP contribution in [0.2, 0.25) is 0 Å². The third-order valence-electron chi connectivity index (χ3n) is 4.24. The molecule has 31 heavy (non-hydrogen) atoms. The molecule has 0 spiro atoms. The second-order valence-corrected chi connectivity index (χ2v) is 7.95. The Morgan fingerprint density at radius 2 is 1.68 bits per heavy atom. The maximum absolute atomic E-state index is 13.7. The quantitative estimate of drug-likeness (QED) is 0.556. The van der Waals surface area contributed by atoms with E-state index in [1.165, 1.54) is 19.2 Å². The second kappa shape index (κ2) is 7.20. The Labute approximate surface area is 172 Å². The minimum Gasteiger partial charge on any atom is -0.310 e. The number of alkyl halides is 6. The number of amides is 1. The zero-order chi connectivity index (χ0) is 23.4. The van der Waals surface area contributed by atoms with E-state index in [0.717, 1.165) is 4.52 Å². The number of carbonyl (C=O) groups excluding carboxylic acids is 1. The lowest BCUT2D eigenvalue weighted by molar-refractivity contribution is -0.140. The van der Waals surface area contributed by atoms with Crippen molar-refractivity contribution < 1.29 is 31.1 Å². The Morgan fingerprint density at radius 3 is 2.23 bits per heavy atom. The highest BCUT2D eigenvalue weighted by molar-refractivity contribution is 5.94.